The smallest absolute Gasteiger partial charge is 0.230 e. The van der Waals surface area contributed by atoms with Gasteiger partial charge in [-0.1, -0.05) is 253 Å². The standard InChI is InChI=1S/C27H25N3O2.C25H27N3O2.C24H25N3O2.C23H23N3O2/c1-18(2)13-24-27(28-16-25(29-24)22-11-7-19(17-31)8-12-22)30-26(32)15-20-9-10-21-5-3-4-6-23(21)14-20;1-18(2)15-22-25(28-24(30)10-6-9-19-7-4-3-5-8-19)26-16-23(27-22)21-13-11-20(17-29)12-14-21;1-17(2)14-21-24(27-23(29)13-10-18-6-4-3-5-7-18)25-15-22(26-21)20-11-8-19(16-28)9-12-20;1-16(2)12-20-23(26-22(28)13-17-6-4-3-5-7-17)24-14-21(25-20)19-10-8-18(15-27)9-11-19/h3-14,16,31H,15,17H2,1-2H3,(H,28,30,32);3-5,7-8,11-16,29H,6,9-10,17H2,1-2H3,(H,26,28,30);3-9,11-12,14-15,28H,10,13,16H2,1-2H3,(H,25,27,29);3-12,14,27H,13,15H2,1-2H3,(H,24,26,28). The lowest BCUT2D eigenvalue weighted by Crippen LogP contribution is -2.16. The highest BCUT2D eigenvalue weighted by atomic mass is 16.3. The second kappa shape index (κ2) is 44.9. The predicted octanol–water partition coefficient (Wildman–Crippen LogP) is 19.3. The van der Waals surface area contributed by atoms with Crippen molar-refractivity contribution in [3.8, 4) is 45.0 Å². The van der Waals surface area contributed by atoms with Crippen molar-refractivity contribution in [3.63, 3.8) is 0 Å². The monoisotopic (exact) mass is 1580 g/mol. The first kappa shape index (κ1) is 87.6. The molecule has 0 unspecified atom stereocenters. The Bertz CT molecular complexity index is 5670. The highest BCUT2D eigenvalue weighted by molar-refractivity contribution is 5.96. The fourth-order valence-corrected chi connectivity index (χ4v) is 12.2. The molecule has 4 aromatic heterocycles. The normalized spacial score (nSPS) is 10.5. The third kappa shape index (κ3) is 28.0. The van der Waals surface area contributed by atoms with Crippen LogP contribution in [0.15, 0.2) is 278 Å². The number of aliphatic hydroxyl groups excluding tert-OH is 4. The third-order valence-electron chi connectivity index (χ3n) is 18.2. The molecule has 13 rings (SSSR count). The Morgan fingerprint density at radius 2 is 0.563 bits per heavy atom. The Kier molecular flexibility index (Phi) is 33.1. The van der Waals surface area contributed by atoms with Gasteiger partial charge in [-0.05, 0) is 154 Å². The summed E-state index contributed by atoms with van der Waals surface area (Å²) in [5.41, 5.74) is 20.8. The maximum absolute atomic E-state index is 12.8. The van der Waals surface area contributed by atoms with Crippen LogP contribution in [0, 0.1) is 0 Å². The van der Waals surface area contributed by atoms with E-state index in [0.29, 0.717) is 88.1 Å². The average Bonchev–Trinajstić information content (AvgIpc) is 0.835. The number of hydrogen-bond acceptors (Lipinski definition) is 16. The quantitative estimate of drug-likeness (QED) is 0.0237. The number of carbonyl (C=O) groups excluding carboxylic acids is 4. The molecule has 20 nitrogen and oxygen atoms in total. The zero-order valence-electron chi connectivity index (χ0n) is 68.3. The molecular formula is C99H100N12O8. The Hall–Kier alpha value is -13.8. The van der Waals surface area contributed by atoms with E-state index in [1.54, 1.807) is 24.8 Å². The molecule has 0 radical (unpaired) electrons. The van der Waals surface area contributed by atoms with Crippen LogP contribution < -0.4 is 21.3 Å². The van der Waals surface area contributed by atoms with Gasteiger partial charge in [-0.25, -0.2) is 39.9 Å². The van der Waals surface area contributed by atoms with Gasteiger partial charge in [0.2, 0.25) is 23.6 Å². The van der Waals surface area contributed by atoms with Crippen LogP contribution in [0.1, 0.15) is 142 Å². The SMILES string of the molecule is CC(C)=Cc1nc(-c2ccc(CO)cc2)cnc1NC(=O)CCCc1ccccc1.CC(C)=Cc1nc(-c2ccc(CO)cc2)cnc1NC(=O)CCc1ccccc1.CC(C)=Cc1nc(-c2ccc(CO)cc2)cnc1NC(=O)Cc1ccc2ccccc2c1.CC(C)=Cc1nc(-c2ccc(CO)cc2)cnc1NC(=O)Cc1ccccc1. The van der Waals surface area contributed by atoms with E-state index in [1.165, 1.54) is 5.56 Å². The minimum absolute atomic E-state index is 0.00135. The van der Waals surface area contributed by atoms with Gasteiger partial charge in [-0.2, -0.15) is 0 Å². The number of benzene rings is 9. The van der Waals surface area contributed by atoms with Gasteiger partial charge in [0, 0.05) is 35.1 Å². The van der Waals surface area contributed by atoms with Gasteiger partial charge < -0.3 is 41.7 Å². The average molecular weight is 1590 g/mol. The van der Waals surface area contributed by atoms with E-state index in [0.717, 1.165) is 107 Å². The van der Waals surface area contributed by atoms with Gasteiger partial charge in [0.1, 0.15) is 22.8 Å². The van der Waals surface area contributed by atoms with Crippen molar-refractivity contribution >= 4 is 82.0 Å². The first-order valence-electron chi connectivity index (χ1n) is 39.3. The van der Waals surface area contributed by atoms with Crippen molar-refractivity contribution in [2.24, 2.45) is 0 Å². The number of anilines is 4. The molecule has 0 atom stereocenters. The van der Waals surface area contributed by atoms with Gasteiger partial charge in [0.25, 0.3) is 0 Å². The first-order valence-corrected chi connectivity index (χ1v) is 39.3. The summed E-state index contributed by atoms with van der Waals surface area (Å²) < 4.78 is 0. The van der Waals surface area contributed by atoms with Crippen LogP contribution in [0.5, 0.6) is 0 Å². The number of nitrogens with zero attached hydrogens (tertiary/aromatic N) is 8. The van der Waals surface area contributed by atoms with Gasteiger partial charge in [-0.15, -0.1) is 0 Å². The summed E-state index contributed by atoms with van der Waals surface area (Å²) in [6, 6.07) is 73.9. The Morgan fingerprint density at radius 3 is 0.891 bits per heavy atom. The lowest BCUT2D eigenvalue weighted by atomic mass is 10.0. The summed E-state index contributed by atoms with van der Waals surface area (Å²) in [5, 5.41) is 50.7. The summed E-state index contributed by atoms with van der Waals surface area (Å²) in [4.78, 5) is 86.7. The third-order valence-corrected chi connectivity index (χ3v) is 18.2. The summed E-state index contributed by atoms with van der Waals surface area (Å²) in [6.45, 7) is 15.8. The summed E-state index contributed by atoms with van der Waals surface area (Å²) >= 11 is 0. The minimum Gasteiger partial charge on any atom is -0.392 e. The maximum Gasteiger partial charge on any atom is 0.230 e. The molecule has 604 valence electrons. The molecule has 119 heavy (non-hydrogen) atoms. The molecule has 0 fully saturated rings. The fourth-order valence-electron chi connectivity index (χ4n) is 12.2. The lowest BCUT2D eigenvalue weighted by molar-refractivity contribution is -0.117. The van der Waals surface area contributed by atoms with E-state index in [1.807, 2.05) is 292 Å². The molecule has 8 N–H and O–H groups in total. The molecule has 20 heteroatoms. The molecule has 9 aromatic carbocycles. The van der Waals surface area contributed by atoms with Gasteiger partial charge in [0.15, 0.2) is 23.3 Å². The lowest BCUT2D eigenvalue weighted by Gasteiger charge is -2.10. The molecule has 4 amide bonds. The molecule has 0 aliphatic carbocycles. The Labute approximate surface area is 695 Å². The van der Waals surface area contributed by atoms with Crippen molar-refractivity contribution < 1.29 is 39.6 Å². The van der Waals surface area contributed by atoms with Crippen molar-refractivity contribution in [3.05, 3.63) is 345 Å². The molecule has 0 spiro atoms. The van der Waals surface area contributed by atoms with Gasteiger partial charge >= 0.3 is 0 Å². The number of rotatable bonds is 27. The van der Waals surface area contributed by atoms with Crippen LogP contribution in [0.3, 0.4) is 0 Å². The zero-order chi connectivity index (χ0) is 84.4. The van der Waals surface area contributed by atoms with Crippen LogP contribution in [0.2, 0.25) is 0 Å². The molecule has 0 saturated heterocycles. The van der Waals surface area contributed by atoms with Crippen LogP contribution in [-0.2, 0) is 71.3 Å². The fraction of sp³-hybridized carbons (Fsp3) is 0.192. The highest BCUT2D eigenvalue weighted by Crippen LogP contribution is 2.29. The summed E-state index contributed by atoms with van der Waals surface area (Å²) in [7, 11) is 0. The van der Waals surface area contributed by atoms with Gasteiger partial charge in [0.05, 0.1) is 86.8 Å². The van der Waals surface area contributed by atoms with E-state index in [4.69, 9.17) is 15.0 Å². The molecule has 4 heterocycles. The minimum atomic E-state index is -0.141. The zero-order valence-corrected chi connectivity index (χ0v) is 68.3. The van der Waals surface area contributed by atoms with Gasteiger partial charge in [-0.3, -0.25) is 19.2 Å². The number of aryl methyl sites for hydroxylation is 2. The summed E-state index contributed by atoms with van der Waals surface area (Å²) in [6.07, 6.45) is 17.9. The predicted molar refractivity (Wildman–Crippen MR) is 477 cm³/mol. The Balaban J connectivity index is 0.000000167. The number of aromatic nitrogens is 8. The number of allylic oxidation sites excluding steroid dienone is 4. The number of fused-ring (bicyclic) bond motifs is 1. The number of aliphatic hydroxyl groups is 4. The molecular weight excluding hydrogens is 1490 g/mol. The van der Waals surface area contributed by atoms with Crippen LogP contribution in [-0.4, -0.2) is 83.9 Å². The first-order chi connectivity index (χ1) is 57.7. The van der Waals surface area contributed by atoms with Crippen molar-refractivity contribution in [2.45, 2.75) is 127 Å². The molecule has 0 saturated carbocycles. The van der Waals surface area contributed by atoms with E-state index < -0.39 is 0 Å². The molecule has 0 aliphatic heterocycles. The van der Waals surface area contributed by atoms with E-state index in [9.17, 15) is 39.6 Å². The largest absolute Gasteiger partial charge is 0.392 e. The topological polar surface area (TPSA) is 300 Å². The number of amides is 4. The molecule has 13 aromatic rings. The van der Waals surface area contributed by atoms with Crippen molar-refractivity contribution in [1.82, 2.24) is 39.9 Å². The number of hydrogen-bond donors (Lipinski definition) is 8. The van der Waals surface area contributed by atoms with E-state index in [-0.39, 0.29) is 62.9 Å². The van der Waals surface area contributed by atoms with Crippen molar-refractivity contribution in [1.29, 1.82) is 0 Å². The highest BCUT2D eigenvalue weighted by Gasteiger charge is 2.18. The molecule has 0 bridgehead atoms. The maximum atomic E-state index is 12.8. The molecule has 0 aliphatic rings. The van der Waals surface area contributed by atoms with Crippen LogP contribution in [0.4, 0.5) is 23.3 Å². The van der Waals surface area contributed by atoms with Crippen molar-refractivity contribution in [2.75, 3.05) is 21.3 Å². The number of nitrogens with one attached hydrogen (secondary N) is 4. The van der Waals surface area contributed by atoms with Crippen LogP contribution in [0.25, 0.3) is 80.1 Å². The van der Waals surface area contributed by atoms with Crippen LogP contribution >= 0.6 is 0 Å². The second-order valence-corrected chi connectivity index (χ2v) is 29.3. The van der Waals surface area contributed by atoms with E-state index >= 15 is 0 Å². The Morgan fingerprint density at radius 1 is 0.286 bits per heavy atom. The number of carbonyl (C=O) groups is 4. The second-order valence-electron chi connectivity index (χ2n) is 29.3. The summed E-state index contributed by atoms with van der Waals surface area (Å²) in [5.74, 6) is 1.37. The van der Waals surface area contributed by atoms with E-state index in [2.05, 4.69) is 64.4 Å².